The second-order valence-corrected chi connectivity index (χ2v) is 12.0. The van der Waals surface area contributed by atoms with Gasteiger partial charge in [0.1, 0.15) is 6.04 Å². The van der Waals surface area contributed by atoms with Crippen molar-refractivity contribution in [2.75, 3.05) is 41.4 Å². The Morgan fingerprint density at radius 3 is 1.73 bits per heavy atom. The van der Waals surface area contributed by atoms with Gasteiger partial charge in [-0.25, -0.2) is 4.79 Å². The van der Waals surface area contributed by atoms with Crippen molar-refractivity contribution >= 4 is 11.9 Å². The molecule has 0 bridgehead atoms. The minimum Gasteiger partial charge on any atom is -0.466 e. The van der Waals surface area contributed by atoms with Crippen molar-refractivity contribution < 1.29 is 19.1 Å². The summed E-state index contributed by atoms with van der Waals surface area (Å²) < 4.78 is 11.5. The van der Waals surface area contributed by atoms with Crippen LogP contribution in [0.3, 0.4) is 0 Å². The van der Waals surface area contributed by atoms with Crippen LogP contribution in [0.1, 0.15) is 85.9 Å². The molecule has 0 saturated heterocycles. The number of aromatic nitrogens is 2. The lowest BCUT2D eigenvalue weighted by atomic mass is 9.99. The quantitative estimate of drug-likeness (QED) is 0.298. The fourth-order valence-corrected chi connectivity index (χ4v) is 4.30. The molecule has 0 saturated carbocycles. The van der Waals surface area contributed by atoms with E-state index in [4.69, 9.17) is 9.47 Å². The molecule has 252 valence electrons. The molecule has 0 aromatic carbocycles. The SMILES string of the molecule is C.CCOC(=O)C(C)CC(C)C.CCOC(=O)C(CC(C)C)n1ccc(CN(C)C)cc1=O.CN(C)Cc1cc[nH]c(=O)c1. The van der Waals surface area contributed by atoms with Gasteiger partial charge >= 0.3 is 11.9 Å². The summed E-state index contributed by atoms with van der Waals surface area (Å²) in [6.07, 6.45) is 4.87. The predicted octanol–water partition coefficient (Wildman–Crippen LogP) is 5.36. The van der Waals surface area contributed by atoms with Gasteiger partial charge in [0, 0.05) is 37.6 Å². The van der Waals surface area contributed by atoms with Gasteiger partial charge in [0.15, 0.2) is 0 Å². The van der Waals surface area contributed by atoms with Crippen LogP contribution in [0.25, 0.3) is 0 Å². The molecule has 0 radical (unpaired) electrons. The molecule has 0 aliphatic heterocycles. The van der Waals surface area contributed by atoms with Crippen molar-refractivity contribution in [2.24, 2.45) is 17.8 Å². The summed E-state index contributed by atoms with van der Waals surface area (Å²) in [5.41, 5.74) is 1.78. The minimum absolute atomic E-state index is 0. The molecule has 0 amide bonds. The summed E-state index contributed by atoms with van der Waals surface area (Å²) in [6.45, 7) is 16.1. The molecule has 2 aromatic rings. The number of esters is 2. The number of carbonyl (C=O) groups is 2. The number of hydrogen-bond acceptors (Lipinski definition) is 8. The van der Waals surface area contributed by atoms with E-state index in [0.717, 1.165) is 24.1 Å². The Kier molecular flexibility index (Phi) is 22.6. The molecular weight excluding hydrogens is 560 g/mol. The number of carbonyl (C=O) groups excluding carboxylic acids is 2. The molecule has 2 rings (SSSR count). The molecule has 1 N–H and O–H groups in total. The van der Waals surface area contributed by atoms with Crippen molar-refractivity contribution in [2.45, 2.75) is 87.9 Å². The largest absolute Gasteiger partial charge is 0.466 e. The highest BCUT2D eigenvalue weighted by Crippen LogP contribution is 2.18. The number of aromatic amines is 1. The van der Waals surface area contributed by atoms with Gasteiger partial charge in [0.05, 0.1) is 19.1 Å². The number of nitrogens with zero attached hydrogens (tertiary/aromatic N) is 3. The number of nitrogens with one attached hydrogen (secondary N) is 1. The minimum atomic E-state index is -0.550. The van der Waals surface area contributed by atoms with E-state index in [9.17, 15) is 19.2 Å². The third-order valence-corrected chi connectivity index (χ3v) is 5.95. The Morgan fingerprint density at radius 1 is 0.795 bits per heavy atom. The molecule has 10 heteroatoms. The second-order valence-electron chi connectivity index (χ2n) is 12.0. The van der Waals surface area contributed by atoms with E-state index in [-0.39, 0.29) is 36.4 Å². The third-order valence-electron chi connectivity index (χ3n) is 5.95. The summed E-state index contributed by atoms with van der Waals surface area (Å²) in [5, 5.41) is 0. The molecule has 2 atom stereocenters. The maximum atomic E-state index is 12.3. The predicted molar refractivity (Wildman–Crippen MR) is 180 cm³/mol. The summed E-state index contributed by atoms with van der Waals surface area (Å²) in [7, 11) is 7.85. The van der Waals surface area contributed by atoms with Crippen molar-refractivity contribution in [3.63, 3.8) is 0 Å². The van der Waals surface area contributed by atoms with Crippen LogP contribution in [-0.2, 0) is 32.2 Å². The van der Waals surface area contributed by atoms with Crippen LogP contribution in [0.5, 0.6) is 0 Å². The Morgan fingerprint density at radius 2 is 1.30 bits per heavy atom. The van der Waals surface area contributed by atoms with Gasteiger partial charge in [0.2, 0.25) is 5.56 Å². The molecule has 2 aromatic heterocycles. The molecular formula is C34H60N4O6. The third kappa shape index (κ3) is 19.1. The zero-order chi connectivity index (χ0) is 33.1. The van der Waals surface area contributed by atoms with E-state index in [1.807, 2.05) is 77.8 Å². The van der Waals surface area contributed by atoms with E-state index in [2.05, 4.69) is 18.8 Å². The van der Waals surface area contributed by atoms with Crippen molar-refractivity contribution in [1.29, 1.82) is 0 Å². The highest BCUT2D eigenvalue weighted by Gasteiger charge is 2.24. The zero-order valence-corrected chi connectivity index (χ0v) is 28.3. The lowest BCUT2D eigenvalue weighted by Crippen LogP contribution is -2.32. The van der Waals surface area contributed by atoms with Gasteiger partial charge in [0.25, 0.3) is 5.56 Å². The molecule has 0 fully saturated rings. The first-order chi connectivity index (χ1) is 20.1. The first kappa shape index (κ1) is 42.9. The number of pyridine rings is 2. The Bertz CT molecular complexity index is 1190. The van der Waals surface area contributed by atoms with Crippen molar-refractivity contribution in [3.8, 4) is 0 Å². The summed E-state index contributed by atoms with van der Waals surface area (Å²) in [5.74, 6) is 0.506. The maximum absolute atomic E-state index is 12.3. The van der Waals surface area contributed by atoms with Gasteiger partial charge in [-0.3, -0.25) is 14.4 Å². The first-order valence-electron chi connectivity index (χ1n) is 15.1. The van der Waals surface area contributed by atoms with Gasteiger partial charge in [-0.1, -0.05) is 42.0 Å². The van der Waals surface area contributed by atoms with Crippen LogP contribution in [0.2, 0.25) is 0 Å². The fourth-order valence-electron chi connectivity index (χ4n) is 4.30. The van der Waals surface area contributed by atoms with Gasteiger partial charge in [-0.2, -0.15) is 0 Å². The smallest absolute Gasteiger partial charge is 0.329 e. The normalized spacial score (nSPS) is 12.0. The molecule has 0 aliphatic carbocycles. The van der Waals surface area contributed by atoms with Crippen LogP contribution in [0.15, 0.2) is 46.2 Å². The highest BCUT2D eigenvalue weighted by molar-refractivity contribution is 5.74. The van der Waals surface area contributed by atoms with Gasteiger partial charge in [-0.05, 0) is 90.0 Å². The van der Waals surface area contributed by atoms with E-state index in [0.29, 0.717) is 38.0 Å². The van der Waals surface area contributed by atoms with Crippen LogP contribution in [0, 0.1) is 17.8 Å². The topological polar surface area (TPSA) is 114 Å². The van der Waals surface area contributed by atoms with E-state index in [1.165, 1.54) is 4.57 Å². The average Bonchev–Trinajstić information content (AvgIpc) is 2.87. The lowest BCUT2D eigenvalue weighted by molar-refractivity contribution is -0.148. The number of rotatable bonds is 13. The van der Waals surface area contributed by atoms with Gasteiger partial charge in [-0.15, -0.1) is 0 Å². The van der Waals surface area contributed by atoms with E-state index < -0.39 is 6.04 Å². The fraction of sp³-hybridized carbons (Fsp3) is 0.647. The maximum Gasteiger partial charge on any atom is 0.329 e. The molecule has 10 nitrogen and oxygen atoms in total. The standard InChI is InChI=1S/C16H26N2O3.C9H18O2.C8H12N2O.CH4/c1-6-21-16(20)14(9-12(2)3)18-8-7-13(10-15(18)19)11-17(4)5;1-5-11-9(10)8(4)6-7(2)3;1-10(2)6-7-3-4-9-8(11)5-7;/h7-8,10,12,14H,6,9,11H2,1-5H3;7-8H,5-6H2,1-4H3;3-5H,6H2,1-2H3,(H,9,11);1H4. The summed E-state index contributed by atoms with van der Waals surface area (Å²) >= 11 is 0. The molecule has 2 unspecified atom stereocenters. The molecule has 0 aliphatic rings. The van der Waals surface area contributed by atoms with Crippen molar-refractivity contribution in [1.82, 2.24) is 19.4 Å². The molecule has 2 heterocycles. The van der Waals surface area contributed by atoms with E-state index in [1.54, 1.807) is 31.5 Å². The average molecular weight is 621 g/mol. The number of hydrogen-bond donors (Lipinski definition) is 1. The summed E-state index contributed by atoms with van der Waals surface area (Å²) in [4.78, 5) is 52.8. The Labute approximate surface area is 265 Å². The Hall–Kier alpha value is -3.24. The van der Waals surface area contributed by atoms with Crippen LogP contribution < -0.4 is 11.1 Å². The van der Waals surface area contributed by atoms with Crippen LogP contribution in [0.4, 0.5) is 0 Å². The summed E-state index contributed by atoms with van der Waals surface area (Å²) in [6, 6.07) is 6.44. The number of ether oxygens (including phenoxy) is 2. The highest BCUT2D eigenvalue weighted by atomic mass is 16.5. The van der Waals surface area contributed by atoms with Crippen LogP contribution in [-0.4, -0.2) is 72.7 Å². The van der Waals surface area contributed by atoms with E-state index >= 15 is 0 Å². The van der Waals surface area contributed by atoms with Gasteiger partial charge < -0.3 is 28.8 Å². The number of H-pyrrole nitrogens is 1. The zero-order valence-electron chi connectivity index (χ0n) is 28.3. The van der Waals surface area contributed by atoms with Crippen LogP contribution >= 0.6 is 0 Å². The van der Waals surface area contributed by atoms with Crippen molar-refractivity contribution in [3.05, 3.63) is 68.5 Å². The molecule has 44 heavy (non-hydrogen) atoms. The Balaban J connectivity index is 0. The monoisotopic (exact) mass is 620 g/mol. The first-order valence-corrected chi connectivity index (χ1v) is 15.1. The second kappa shape index (κ2) is 23.2. The molecule has 0 spiro atoms. The lowest BCUT2D eigenvalue weighted by Gasteiger charge is -2.20.